The Morgan fingerprint density at radius 3 is 2.89 bits per heavy atom. The Morgan fingerprint density at radius 2 is 2.26 bits per heavy atom. The molecule has 0 aliphatic carbocycles. The lowest BCUT2D eigenvalue weighted by molar-refractivity contribution is -0.120. The van der Waals surface area contributed by atoms with Crippen molar-refractivity contribution in [1.82, 2.24) is 9.55 Å². The van der Waals surface area contributed by atoms with Gasteiger partial charge in [0.15, 0.2) is 0 Å². The summed E-state index contributed by atoms with van der Waals surface area (Å²) in [6.07, 6.45) is 0.907. The molecule has 0 bridgehead atoms. The number of aromatic nitrogens is 2. The van der Waals surface area contributed by atoms with Gasteiger partial charge in [-0.05, 0) is 25.5 Å². The van der Waals surface area contributed by atoms with Crippen LogP contribution in [0.4, 0.5) is 5.95 Å². The van der Waals surface area contributed by atoms with Crippen LogP contribution >= 0.6 is 0 Å². The predicted molar refractivity (Wildman–Crippen MR) is 73.8 cm³/mol. The Hall–Kier alpha value is -2.24. The highest BCUT2D eigenvalue weighted by molar-refractivity contribution is 5.87. The molecule has 0 saturated heterocycles. The van der Waals surface area contributed by atoms with Crippen LogP contribution in [-0.2, 0) is 4.79 Å². The number of imidazole rings is 1. The van der Waals surface area contributed by atoms with Crippen molar-refractivity contribution in [2.75, 3.05) is 12.3 Å². The minimum atomic E-state index is -0.550. The molecule has 0 aliphatic heterocycles. The van der Waals surface area contributed by atoms with Gasteiger partial charge < -0.3 is 16.2 Å². The van der Waals surface area contributed by atoms with E-state index in [1.807, 2.05) is 25.1 Å². The molecule has 0 fully saturated rings. The smallest absolute Gasteiger partial charge is 0.240 e. The number of ether oxygens (including phenoxy) is 1. The lowest BCUT2D eigenvalue weighted by Crippen LogP contribution is -2.24. The molecule has 19 heavy (non-hydrogen) atoms. The number of hydrogen-bond acceptors (Lipinski definition) is 4. The molecule has 1 aromatic heterocycles. The van der Waals surface area contributed by atoms with Gasteiger partial charge in [-0.25, -0.2) is 4.98 Å². The number of rotatable bonds is 5. The third-order valence-corrected chi connectivity index (χ3v) is 2.97. The second-order valence-corrected chi connectivity index (χ2v) is 4.39. The molecule has 1 unspecified atom stereocenters. The summed E-state index contributed by atoms with van der Waals surface area (Å²) in [5.41, 5.74) is 12.6. The van der Waals surface area contributed by atoms with E-state index >= 15 is 0 Å². The van der Waals surface area contributed by atoms with Gasteiger partial charge in [0, 0.05) is 0 Å². The van der Waals surface area contributed by atoms with Crippen molar-refractivity contribution < 1.29 is 9.53 Å². The molecule has 6 heteroatoms. The maximum Gasteiger partial charge on any atom is 0.240 e. The highest BCUT2D eigenvalue weighted by Crippen LogP contribution is 2.29. The van der Waals surface area contributed by atoms with Gasteiger partial charge in [-0.3, -0.25) is 9.36 Å². The minimum Gasteiger partial charge on any atom is -0.491 e. The SMILES string of the molecule is CCCOc1cccc2c1nc(N)n2C(C)C(N)=O. The highest BCUT2D eigenvalue weighted by Gasteiger charge is 2.19. The van der Waals surface area contributed by atoms with Crippen molar-refractivity contribution in [2.45, 2.75) is 26.3 Å². The van der Waals surface area contributed by atoms with Crippen LogP contribution < -0.4 is 16.2 Å². The van der Waals surface area contributed by atoms with E-state index in [0.29, 0.717) is 17.9 Å². The normalized spacial score (nSPS) is 12.5. The van der Waals surface area contributed by atoms with Crippen molar-refractivity contribution in [1.29, 1.82) is 0 Å². The van der Waals surface area contributed by atoms with E-state index in [9.17, 15) is 4.79 Å². The summed E-state index contributed by atoms with van der Waals surface area (Å²) in [5.74, 6) is 0.473. The zero-order valence-electron chi connectivity index (χ0n) is 11.1. The standard InChI is InChI=1S/C13H18N4O2/c1-3-7-19-10-6-4-5-9-11(10)16-13(15)17(9)8(2)12(14)18/h4-6,8H,3,7H2,1-2H3,(H2,14,18)(H2,15,16). The fourth-order valence-corrected chi connectivity index (χ4v) is 1.97. The maximum atomic E-state index is 11.3. The van der Waals surface area contributed by atoms with E-state index in [1.165, 1.54) is 0 Å². The first kappa shape index (κ1) is 13.2. The third kappa shape index (κ3) is 2.33. The molecule has 1 heterocycles. The van der Waals surface area contributed by atoms with E-state index in [1.54, 1.807) is 11.5 Å². The summed E-state index contributed by atoms with van der Waals surface area (Å²) in [6, 6.07) is 4.98. The van der Waals surface area contributed by atoms with Gasteiger partial charge in [-0.1, -0.05) is 13.0 Å². The number of fused-ring (bicyclic) bond motifs is 1. The summed E-state index contributed by atoms with van der Waals surface area (Å²) >= 11 is 0. The Kier molecular flexibility index (Phi) is 3.59. The Labute approximate surface area is 111 Å². The van der Waals surface area contributed by atoms with Gasteiger partial charge in [0.1, 0.15) is 17.3 Å². The summed E-state index contributed by atoms with van der Waals surface area (Å²) in [6.45, 7) is 4.33. The van der Waals surface area contributed by atoms with Gasteiger partial charge in [-0.2, -0.15) is 0 Å². The molecule has 0 aliphatic rings. The predicted octanol–water partition coefficient (Wildman–Crippen LogP) is 1.45. The lowest BCUT2D eigenvalue weighted by atomic mass is 10.2. The van der Waals surface area contributed by atoms with Crippen molar-refractivity contribution in [2.24, 2.45) is 5.73 Å². The van der Waals surface area contributed by atoms with E-state index in [2.05, 4.69) is 4.98 Å². The molecule has 6 nitrogen and oxygen atoms in total. The number of amides is 1. The fourth-order valence-electron chi connectivity index (χ4n) is 1.97. The van der Waals surface area contributed by atoms with Crippen LogP contribution in [0.5, 0.6) is 5.75 Å². The van der Waals surface area contributed by atoms with Crippen molar-refractivity contribution in [3.63, 3.8) is 0 Å². The minimum absolute atomic E-state index is 0.258. The quantitative estimate of drug-likeness (QED) is 0.852. The fraction of sp³-hybridized carbons (Fsp3) is 0.385. The molecule has 0 radical (unpaired) electrons. The molecule has 1 aromatic carbocycles. The monoisotopic (exact) mass is 262 g/mol. The maximum absolute atomic E-state index is 11.3. The summed E-state index contributed by atoms with van der Waals surface area (Å²) in [7, 11) is 0. The van der Waals surface area contributed by atoms with Crippen LogP contribution in [0.15, 0.2) is 18.2 Å². The van der Waals surface area contributed by atoms with Crippen LogP contribution in [0, 0.1) is 0 Å². The van der Waals surface area contributed by atoms with Crippen LogP contribution in [-0.4, -0.2) is 22.1 Å². The first-order valence-electron chi connectivity index (χ1n) is 6.24. The first-order chi connectivity index (χ1) is 9.06. The van der Waals surface area contributed by atoms with Gasteiger partial charge in [0.05, 0.1) is 12.1 Å². The molecule has 1 amide bonds. The van der Waals surface area contributed by atoms with Gasteiger partial charge in [0.25, 0.3) is 0 Å². The average molecular weight is 262 g/mol. The lowest BCUT2D eigenvalue weighted by Gasteiger charge is -2.12. The largest absolute Gasteiger partial charge is 0.491 e. The average Bonchev–Trinajstić information content (AvgIpc) is 2.71. The summed E-state index contributed by atoms with van der Waals surface area (Å²) in [4.78, 5) is 15.6. The summed E-state index contributed by atoms with van der Waals surface area (Å²) in [5, 5.41) is 0. The number of carbonyl (C=O) groups is 1. The number of hydrogen-bond donors (Lipinski definition) is 2. The van der Waals surface area contributed by atoms with Gasteiger partial charge >= 0.3 is 0 Å². The second-order valence-electron chi connectivity index (χ2n) is 4.39. The number of nitrogen functional groups attached to an aromatic ring is 1. The first-order valence-corrected chi connectivity index (χ1v) is 6.24. The van der Waals surface area contributed by atoms with Crippen LogP contribution in [0.2, 0.25) is 0 Å². The molecule has 0 spiro atoms. The molecule has 0 saturated carbocycles. The zero-order valence-corrected chi connectivity index (χ0v) is 11.1. The van der Waals surface area contributed by atoms with Crippen molar-refractivity contribution >= 4 is 22.9 Å². The van der Waals surface area contributed by atoms with E-state index in [0.717, 1.165) is 11.9 Å². The number of para-hydroxylation sites is 1. The molecule has 2 rings (SSSR count). The Balaban J connectivity index is 2.55. The molecule has 2 aromatic rings. The van der Waals surface area contributed by atoms with Gasteiger partial charge in [0.2, 0.25) is 11.9 Å². The van der Waals surface area contributed by atoms with E-state index in [4.69, 9.17) is 16.2 Å². The molecular formula is C13H18N4O2. The number of primary amides is 1. The molecule has 1 atom stereocenters. The molecular weight excluding hydrogens is 244 g/mol. The highest BCUT2D eigenvalue weighted by atomic mass is 16.5. The third-order valence-electron chi connectivity index (χ3n) is 2.97. The summed E-state index contributed by atoms with van der Waals surface area (Å²) < 4.78 is 7.25. The Morgan fingerprint density at radius 1 is 1.53 bits per heavy atom. The number of nitrogens with two attached hydrogens (primary N) is 2. The van der Waals surface area contributed by atoms with E-state index in [-0.39, 0.29) is 5.95 Å². The number of nitrogens with zero attached hydrogens (tertiary/aromatic N) is 2. The van der Waals surface area contributed by atoms with Gasteiger partial charge in [-0.15, -0.1) is 0 Å². The topological polar surface area (TPSA) is 96.2 Å². The van der Waals surface area contributed by atoms with Crippen LogP contribution in [0.1, 0.15) is 26.3 Å². The van der Waals surface area contributed by atoms with Crippen LogP contribution in [0.25, 0.3) is 11.0 Å². The molecule has 102 valence electrons. The van der Waals surface area contributed by atoms with Crippen molar-refractivity contribution in [3.8, 4) is 5.75 Å². The number of benzene rings is 1. The number of anilines is 1. The molecule has 4 N–H and O–H groups in total. The van der Waals surface area contributed by atoms with E-state index < -0.39 is 11.9 Å². The van der Waals surface area contributed by atoms with Crippen LogP contribution in [0.3, 0.4) is 0 Å². The zero-order chi connectivity index (χ0) is 14.0. The second kappa shape index (κ2) is 5.17. The number of carbonyl (C=O) groups excluding carboxylic acids is 1. The Bertz CT molecular complexity index is 606. The van der Waals surface area contributed by atoms with Crippen molar-refractivity contribution in [3.05, 3.63) is 18.2 Å².